The van der Waals surface area contributed by atoms with E-state index < -0.39 is 0 Å². The van der Waals surface area contributed by atoms with Crippen LogP contribution in [0.3, 0.4) is 0 Å². The molecule has 2 saturated heterocycles. The smallest absolute Gasteiger partial charge is 0.162 e. The van der Waals surface area contributed by atoms with Crippen LogP contribution < -0.4 is 5.32 Å². The Labute approximate surface area is 73.4 Å². The van der Waals surface area contributed by atoms with Gasteiger partial charge in [-0.1, -0.05) is 6.92 Å². The Kier molecular flexibility index (Phi) is 2.63. The van der Waals surface area contributed by atoms with Gasteiger partial charge in [-0.05, 0) is 19.4 Å². The summed E-state index contributed by atoms with van der Waals surface area (Å²) in [6.07, 6.45) is 3.42. The third kappa shape index (κ3) is 1.49. The average Bonchev–Trinajstić information content (AvgIpc) is 2.50. The molecule has 2 rings (SSSR count). The van der Waals surface area contributed by atoms with Crippen LogP contribution in [-0.4, -0.2) is 32.1 Å². The number of fused-ring (bicyclic) bond motifs is 1. The van der Waals surface area contributed by atoms with Crippen molar-refractivity contribution in [3.63, 3.8) is 0 Å². The summed E-state index contributed by atoms with van der Waals surface area (Å²) in [7, 11) is 0. The number of nitrogens with one attached hydrogen (secondary N) is 1. The normalized spacial score (nSPS) is 41.2. The fourth-order valence-electron chi connectivity index (χ4n) is 1.95. The number of hydrogen-bond acceptors (Lipinski definition) is 3. The lowest BCUT2D eigenvalue weighted by Gasteiger charge is -2.27. The molecule has 2 heterocycles. The van der Waals surface area contributed by atoms with Crippen molar-refractivity contribution in [2.45, 2.75) is 25.7 Å². The lowest BCUT2D eigenvalue weighted by Crippen LogP contribution is -2.39. The van der Waals surface area contributed by atoms with Crippen LogP contribution in [-0.2, 0) is 9.47 Å². The van der Waals surface area contributed by atoms with E-state index in [1.165, 1.54) is 0 Å². The summed E-state index contributed by atoms with van der Waals surface area (Å²) in [5, 5.41) is 3.41. The van der Waals surface area contributed by atoms with Gasteiger partial charge in [0.1, 0.15) is 0 Å². The van der Waals surface area contributed by atoms with Gasteiger partial charge in [-0.2, -0.15) is 0 Å². The van der Waals surface area contributed by atoms with Crippen molar-refractivity contribution < 1.29 is 9.47 Å². The second-order valence-electron chi connectivity index (χ2n) is 3.34. The highest BCUT2D eigenvalue weighted by molar-refractivity contribution is 4.95. The fourth-order valence-corrected chi connectivity index (χ4v) is 1.95. The number of ether oxygens (including phenoxy) is 2. The summed E-state index contributed by atoms with van der Waals surface area (Å²) in [5.74, 6) is 0.471. The van der Waals surface area contributed by atoms with Gasteiger partial charge in [-0.25, -0.2) is 0 Å². The molecule has 2 aliphatic heterocycles. The standard InChI is InChI=1S/C9H16NO2/c1-2-10-8-6-12-9-7(8)4-3-5-11-9/h4,7-10H,2-3,5-6H2,1H3/t7-,8-,9-/m0/s1. The van der Waals surface area contributed by atoms with Crippen molar-refractivity contribution in [2.24, 2.45) is 5.92 Å². The molecule has 3 atom stereocenters. The second-order valence-corrected chi connectivity index (χ2v) is 3.34. The Hall–Kier alpha value is -0.120. The molecule has 0 aromatic heterocycles. The average molecular weight is 170 g/mol. The van der Waals surface area contributed by atoms with Gasteiger partial charge in [-0.3, -0.25) is 0 Å². The van der Waals surface area contributed by atoms with Gasteiger partial charge in [0.15, 0.2) is 6.29 Å². The molecule has 0 amide bonds. The second kappa shape index (κ2) is 3.73. The topological polar surface area (TPSA) is 30.5 Å². The van der Waals surface area contributed by atoms with Crippen LogP contribution >= 0.6 is 0 Å². The van der Waals surface area contributed by atoms with E-state index in [0.717, 1.165) is 26.2 Å². The third-order valence-corrected chi connectivity index (χ3v) is 2.52. The van der Waals surface area contributed by atoms with Gasteiger partial charge < -0.3 is 14.8 Å². The van der Waals surface area contributed by atoms with Crippen molar-refractivity contribution in [1.82, 2.24) is 5.32 Å². The van der Waals surface area contributed by atoms with E-state index in [1.54, 1.807) is 0 Å². The highest BCUT2D eigenvalue weighted by Gasteiger charge is 2.39. The summed E-state index contributed by atoms with van der Waals surface area (Å²) < 4.78 is 11.0. The summed E-state index contributed by atoms with van der Waals surface area (Å²) in [6, 6.07) is 0.472. The molecular weight excluding hydrogens is 154 g/mol. The van der Waals surface area contributed by atoms with Gasteiger partial charge in [0.25, 0.3) is 0 Å². The fraction of sp³-hybridized carbons (Fsp3) is 0.889. The van der Waals surface area contributed by atoms with Crippen molar-refractivity contribution in [2.75, 3.05) is 19.8 Å². The first-order valence-corrected chi connectivity index (χ1v) is 4.71. The minimum absolute atomic E-state index is 0.0304. The van der Waals surface area contributed by atoms with Crippen molar-refractivity contribution >= 4 is 0 Å². The van der Waals surface area contributed by atoms with E-state index >= 15 is 0 Å². The largest absolute Gasteiger partial charge is 0.352 e. The predicted octanol–water partition coefficient (Wildman–Crippen LogP) is 0.562. The van der Waals surface area contributed by atoms with Gasteiger partial charge in [0.05, 0.1) is 13.2 Å². The molecule has 0 saturated carbocycles. The van der Waals surface area contributed by atoms with Crippen LogP contribution in [0, 0.1) is 12.3 Å². The summed E-state index contributed by atoms with van der Waals surface area (Å²) in [6.45, 7) is 4.74. The van der Waals surface area contributed by atoms with E-state index in [4.69, 9.17) is 9.47 Å². The molecule has 3 nitrogen and oxygen atoms in total. The quantitative estimate of drug-likeness (QED) is 0.657. The maximum atomic E-state index is 5.51. The highest BCUT2D eigenvalue weighted by Crippen LogP contribution is 2.29. The molecule has 1 radical (unpaired) electrons. The van der Waals surface area contributed by atoms with E-state index in [9.17, 15) is 0 Å². The Morgan fingerprint density at radius 1 is 1.50 bits per heavy atom. The van der Waals surface area contributed by atoms with Gasteiger partial charge in [0.2, 0.25) is 0 Å². The van der Waals surface area contributed by atoms with Crippen LogP contribution in [0.15, 0.2) is 0 Å². The molecule has 0 spiro atoms. The molecule has 2 aliphatic rings. The van der Waals surface area contributed by atoms with E-state index in [2.05, 4.69) is 18.7 Å². The first-order valence-electron chi connectivity index (χ1n) is 4.71. The summed E-state index contributed by atoms with van der Waals surface area (Å²) in [4.78, 5) is 0. The Morgan fingerprint density at radius 2 is 2.42 bits per heavy atom. The van der Waals surface area contributed by atoms with Crippen LogP contribution in [0.25, 0.3) is 0 Å². The molecule has 0 aromatic rings. The zero-order valence-corrected chi connectivity index (χ0v) is 7.45. The molecule has 0 unspecified atom stereocenters. The monoisotopic (exact) mass is 170 g/mol. The SMILES string of the molecule is CCN[C@H]1CO[C@@H]2OCC[CH][C@H]21. The van der Waals surface area contributed by atoms with E-state index in [1.807, 2.05) is 0 Å². The zero-order valence-electron chi connectivity index (χ0n) is 7.45. The maximum absolute atomic E-state index is 5.51. The molecule has 1 N–H and O–H groups in total. The van der Waals surface area contributed by atoms with Crippen molar-refractivity contribution in [3.8, 4) is 0 Å². The number of rotatable bonds is 2. The van der Waals surface area contributed by atoms with E-state index in [-0.39, 0.29) is 6.29 Å². The molecule has 0 bridgehead atoms. The Morgan fingerprint density at radius 3 is 3.25 bits per heavy atom. The lowest BCUT2D eigenvalue weighted by atomic mass is 9.95. The summed E-state index contributed by atoms with van der Waals surface area (Å²) in [5.41, 5.74) is 0. The summed E-state index contributed by atoms with van der Waals surface area (Å²) >= 11 is 0. The lowest BCUT2D eigenvalue weighted by molar-refractivity contribution is -0.138. The maximum Gasteiger partial charge on any atom is 0.162 e. The van der Waals surface area contributed by atoms with Gasteiger partial charge >= 0.3 is 0 Å². The van der Waals surface area contributed by atoms with Crippen molar-refractivity contribution in [1.29, 1.82) is 0 Å². The van der Waals surface area contributed by atoms with Gasteiger partial charge in [-0.15, -0.1) is 0 Å². The minimum atomic E-state index is 0.0304. The van der Waals surface area contributed by atoms with Gasteiger partial charge in [0, 0.05) is 12.0 Å². The Balaban J connectivity index is 1.92. The highest BCUT2D eigenvalue weighted by atomic mass is 16.7. The molecule has 69 valence electrons. The molecule has 2 fully saturated rings. The molecule has 0 aliphatic carbocycles. The first kappa shape index (κ1) is 8.48. The van der Waals surface area contributed by atoms with Crippen molar-refractivity contribution in [3.05, 3.63) is 6.42 Å². The minimum Gasteiger partial charge on any atom is -0.352 e. The number of likely N-dealkylation sites (N-methyl/N-ethyl adjacent to an activating group) is 1. The first-order chi connectivity index (χ1) is 5.92. The predicted molar refractivity (Wildman–Crippen MR) is 45.6 cm³/mol. The number of hydrogen-bond donors (Lipinski definition) is 1. The van der Waals surface area contributed by atoms with Crippen LogP contribution in [0.2, 0.25) is 0 Å². The molecule has 12 heavy (non-hydrogen) atoms. The molecule has 3 heteroatoms. The molecular formula is C9H16NO2. The van der Waals surface area contributed by atoms with Crippen LogP contribution in [0.1, 0.15) is 13.3 Å². The third-order valence-electron chi connectivity index (χ3n) is 2.52. The van der Waals surface area contributed by atoms with Crippen LogP contribution in [0.5, 0.6) is 0 Å². The van der Waals surface area contributed by atoms with E-state index in [0.29, 0.717) is 12.0 Å². The van der Waals surface area contributed by atoms with Crippen LogP contribution in [0.4, 0.5) is 0 Å². The Bertz CT molecular complexity index is 151. The molecule has 0 aromatic carbocycles. The zero-order chi connectivity index (χ0) is 8.39.